The summed E-state index contributed by atoms with van der Waals surface area (Å²) in [5, 5.41) is 4.76. The van der Waals surface area contributed by atoms with E-state index in [4.69, 9.17) is 4.74 Å². The number of benzene rings is 1. The molecule has 20 heavy (non-hydrogen) atoms. The molecule has 3 heteroatoms. The van der Waals surface area contributed by atoms with Crippen molar-refractivity contribution in [3.63, 3.8) is 0 Å². The first-order valence-corrected chi connectivity index (χ1v) is 9.03. The summed E-state index contributed by atoms with van der Waals surface area (Å²) in [5.41, 5.74) is 2.99. The van der Waals surface area contributed by atoms with Crippen LogP contribution in [0.2, 0.25) is 0 Å². The average molecular weight is 291 g/mol. The molecule has 0 bridgehead atoms. The van der Waals surface area contributed by atoms with Crippen molar-refractivity contribution >= 4 is 11.8 Å². The lowest BCUT2D eigenvalue weighted by molar-refractivity contribution is 0.394. The normalized spacial score (nSPS) is 29.2. The zero-order valence-corrected chi connectivity index (χ0v) is 13.3. The number of ether oxygens (including phenoxy) is 1. The van der Waals surface area contributed by atoms with Crippen molar-refractivity contribution in [2.75, 3.05) is 13.4 Å². The fourth-order valence-electron chi connectivity index (χ4n) is 3.70. The fourth-order valence-corrected chi connectivity index (χ4v) is 4.65. The summed E-state index contributed by atoms with van der Waals surface area (Å²) in [6, 6.07) is 7.93. The summed E-state index contributed by atoms with van der Waals surface area (Å²) in [6.07, 6.45) is 10.0. The molecule has 1 fully saturated rings. The molecule has 3 unspecified atom stereocenters. The molecule has 3 rings (SSSR count). The van der Waals surface area contributed by atoms with Gasteiger partial charge in [-0.15, -0.1) is 0 Å². The van der Waals surface area contributed by atoms with Crippen LogP contribution in [0.3, 0.4) is 0 Å². The minimum Gasteiger partial charge on any atom is -0.497 e. The van der Waals surface area contributed by atoms with E-state index in [-0.39, 0.29) is 0 Å². The van der Waals surface area contributed by atoms with Gasteiger partial charge in [0.25, 0.3) is 0 Å². The van der Waals surface area contributed by atoms with Crippen molar-refractivity contribution in [1.29, 1.82) is 0 Å². The molecule has 1 aromatic carbocycles. The Morgan fingerprint density at radius 3 is 2.90 bits per heavy atom. The van der Waals surface area contributed by atoms with Crippen LogP contribution in [0.5, 0.6) is 5.75 Å². The number of fused-ring (bicyclic) bond motifs is 1. The molecular formula is C17H25NOS. The van der Waals surface area contributed by atoms with Crippen molar-refractivity contribution in [2.24, 2.45) is 0 Å². The molecule has 110 valence electrons. The standard InChI is InChI=1S/C17H25NOS/c1-19-15-9-7-12-6-8-14(10-13(12)11-15)18-16-4-3-5-17(16)20-2/h7,9,11,14,16-18H,3-6,8,10H2,1-2H3. The van der Waals surface area contributed by atoms with E-state index in [2.05, 4.69) is 29.8 Å². The molecule has 1 aromatic rings. The van der Waals surface area contributed by atoms with Crippen LogP contribution in [0, 0.1) is 0 Å². The Kier molecular flexibility index (Phi) is 4.57. The third-order valence-corrected chi connectivity index (χ3v) is 6.02. The van der Waals surface area contributed by atoms with Crippen LogP contribution in [0.4, 0.5) is 0 Å². The molecule has 2 aliphatic rings. The highest BCUT2D eigenvalue weighted by molar-refractivity contribution is 7.99. The maximum atomic E-state index is 5.36. The lowest BCUT2D eigenvalue weighted by Crippen LogP contribution is -2.44. The summed E-state index contributed by atoms with van der Waals surface area (Å²) in [6.45, 7) is 0. The zero-order valence-electron chi connectivity index (χ0n) is 12.5. The van der Waals surface area contributed by atoms with E-state index in [1.807, 2.05) is 11.8 Å². The molecule has 0 aromatic heterocycles. The summed E-state index contributed by atoms with van der Waals surface area (Å²) in [5.74, 6) is 0.993. The van der Waals surface area contributed by atoms with E-state index in [0.29, 0.717) is 6.04 Å². The second kappa shape index (κ2) is 6.40. The van der Waals surface area contributed by atoms with Crippen LogP contribution in [0.25, 0.3) is 0 Å². The monoisotopic (exact) mass is 291 g/mol. The van der Waals surface area contributed by atoms with Crippen LogP contribution in [-0.4, -0.2) is 30.7 Å². The Morgan fingerprint density at radius 2 is 2.10 bits per heavy atom. The van der Waals surface area contributed by atoms with E-state index in [1.54, 1.807) is 7.11 Å². The van der Waals surface area contributed by atoms with Gasteiger partial charge < -0.3 is 10.1 Å². The van der Waals surface area contributed by atoms with Crippen LogP contribution in [0.1, 0.15) is 36.8 Å². The predicted molar refractivity (Wildman–Crippen MR) is 86.9 cm³/mol. The van der Waals surface area contributed by atoms with Gasteiger partial charge in [0.2, 0.25) is 0 Å². The number of aryl methyl sites for hydroxylation is 1. The third-order valence-electron chi connectivity index (χ3n) is 4.85. The quantitative estimate of drug-likeness (QED) is 0.918. The molecule has 0 saturated heterocycles. The number of nitrogens with one attached hydrogen (secondary N) is 1. The van der Waals surface area contributed by atoms with Gasteiger partial charge in [0, 0.05) is 17.3 Å². The lowest BCUT2D eigenvalue weighted by Gasteiger charge is -2.30. The van der Waals surface area contributed by atoms with E-state index in [9.17, 15) is 0 Å². The Morgan fingerprint density at radius 1 is 1.20 bits per heavy atom. The van der Waals surface area contributed by atoms with Crippen molar-refractivity contribution < 1.29 is 4.74 Å². The topological polar surface area (TPSA) is 21.3 Å². The minimum atomic E-state index is 0.646. The van der Waals surface area contributed by atoms with Crippen LogP contribution in [-0.2, 0) is 12.8 Å². The van der Waals surface area contributed by atoms with E-state index in [1.165, 1.54) is 43.2 Å². The smallest absolute Gasteiger partial charge is 0.119 e. The van der Waals surface area contributed by atoms with Gasteiger partial charge in [0.05, 0.1) is 7.11 Å². The summed E-state index contributed by atoms with van der Waals surface area (Å²) in [7, 11) is 1.75. The van der Waals surface area contributed by atoms with E-state index < -0.39 is 0 Å². The van der Waals surface area contributed by atoms with Crippen LogP contribution < -0.4 is 10.1 Å². The van der Waals surface area contributed by atoms with Crippen molar-refractivity contribution in [1.82, 2.24) is 5.32 Å². The maximum absolute atomic E-state index is 5.36. The molecule has 1 saturated carbocycles. The zero-order chi connectivity index (χ0) is 13.9. The summed E-state index contributed by atoms with van der Waals surface area (Å²) in [4.78, 5) is 0. The highest BCUT2D eigenvalue weighted by atomic mass is 32.2. The third kappa shape index (κ3) is 2.99. The highest BCUT2D eigenvalue weighted by Gasteiger charge is 2.29. The summed E-state index contributed by atoms with van der Waals surface area (Å²) >= 11 is 2.04. The Hall–Kier alpha value is -0.670. The number of hydrogen-bond donors (Lipinski definition) is 1. The van der Waals surface area contributed by atoms with Gasteiger partial charge in [0.15, 0.2) is 0 Å². The SMILES string of the molecule is COc1ccc2c(c1)CC(NC1CCCC1SC)CC2. The number of rotatable bonds is 4. The van der Waals surface area contributed by atoms with Gasteiger partial charge in [-0.05, 0) is 61.6 Å². The molecule has 3 atom stereocenters. The van der Waals surface area contributed by atoms with E-state index >= 15 is 0 Å². The molecule has 0 radical (unpaired) electrons. The number of methoxy groups -OCH3 is 1. The molecule has 0 amide bonds. The van der Waals surface area contributed by atoms with Crippen LogP contribution in [0.15, 0.2) is 18.2 Å². The highest BCUT2D eigenvalue weighted by Crippen LogP contribution is 2.31. The van der Waals surface area contributed by atoms with Gasteiger partial charge in [-0.2, -0.15) is 11.8 Å². The first-order chi connectivity index (χ1) is 9.80. The lowest BCUT2D eigenvalue weighted by atomic mass is 9.87. The molecule has 2 aliphatic carbocycles. The molecule has 0 aliphatic heterocycles. The second-order valence-corrected chi connectivity index (χ2v) is 7.13. The molecular weight excluding hydrogens is 266 g/mol. The van der Waals surface area contributed by atoms with Crippen molar-refractivity contribution in [3.05, 3.63) is 29.3 Å². The summed E-state index contributed by atoms with van der Waals surface area (Å²) < 4.78 is 5.36. The maximum Gasteiger partial charge on any atom is 0.119 e. The second-order valence-electron chi connectivity index (χ2n) is 6.05. The van der Waals surface area contributed by atoms with Gasteiger partial charge in [0.1, 0.15) is 5.75 Å². The fraction of sp³-hybridized carbons (Fsp3) is 0.647. The Bertz CT molecular complexity index is 462. The number of hydrogen-bond acceptors (Lipinski definition) is 3. The van der Waals surface area contributed by atoms with Gasteiger partial charge in [-0.1, -0.05) is 12.5 Å². The first kappa shape index (κ1) is 14.3. The van der Waals surface area contributed by atoms with Gasteiger partial charge in [-0.3, -0.25) is 0 Å². The predicted octanol–water partition coefficient (Wildman–Crippen LogP) is 3.43. The van der Waals surface area contributed by atoms with Gasteiger partial charge in [-0.25, -0.2) is 0 Å². The average Bonchev–Trinajstić information content (AvgIpc) is 2.93. The molecule has 2 nitrogen and oxygen atoms in total. The largest absolute Gasteiger partial charge is 0.497 e. The molecule has 0 heterocycles. The van der Waals surface area contributed by atoms with Gasteiger partial charge >= 0.3 is 0 Å². The molecule has 0 spiro atoms. The van der Waals surface area contributed by atoms with E-state index in [0.717, 1.165) is 23.5 Å². The van der Waals surface area contributed by atoms with Crippen LogP contribution >= 0.6 is 11.8 Å². The number of thioether (sulfide) groups is 1. The first-order valence-electron chi connectivity index (χ1n) is 7.75. The van der Waals surface area contributed by atoms with Crippen molar-refractivity contribution in [2.45, 2.75) is 55.9 Å². The molecule has 1 N–H and O–H groups in total. The van der Waals surface area contributed by atoms with Crippen molar-refractivity contribution in [3.8, 4) is 5.75 Å². The Labute approximate surface area is 126 Å². The Balaban J connectivity index is 1.65. The minimum absolute atomic E-state index is 0.646.